The standard InChI is InChI=1S/C19H22N2O7S2/c1-27-18-9-8-16(30(25,26)21-10-3-4-11-21)13-17(18)20-29(23,24)15-7-5-6-14(12-15)19(22)28-2/h5-9,12-13,20H,3-4,10-11H2,1-2H3. The molecule has 1 aliphatic rings. The summed E-state index contributed by atoms with van der Waals surface area (Å²) in [6.07, 6.45) is 1.57. The fourth-order valence-electron chi connectivity index (χ4n) is 3.12. The number of rotatable bonds is 7. The summed E-state index contributed by atoms with van der Waals surface area (Å²) in [6.45, 7) is 0.853. The maximum absolute atomic E-state index is 12.9. The number of sulfonamides is 2. The van der Waals surface area contributed by atoms with E-state index in [-0.39, 0.29) is 26.8 Å². The molecule has 1 N–H and O–H groups in total. The minimum Gasteiger partial charge on any atom is -0.495 e. The fourth-order valence-corrected chi connectivity index (χ4v) is 5.77. The maximum Gasteiger partial charge on any atom is 0.337 e. The summed E-state index contributed by atoms with van der Waals surface area (Å²) in [5, 5.41) is 0. The molecule has 0 saturated carbocycles. The fraction of sp³-hybridized carbons (Fsp3) is 0.316. The predicted molar refractivity (Wildman–Crippen MR) is 110 cm³/mol. The van der Waals surface area contributed by atoms with E-state index >= 15 is 0 Å². The first-order valence-electron chi connectivity index (χ1n) is 9.08. The van der Waals surface area contributed by atoms with Gasteiger partial charge in [-0.15, -0.1) is 0 Å². The van der Waals surface area contributed by atoms with Gasteiger partial charge in [-0.1, -0.05) is 6.07 Å². The van der Waals surface area contributed by atoms with Gasteiger partial charge in [-0.25, -0.2) is 21.6 Å². The molecule has 1 saturated heterocycles. The Bertz CT molecular complexity index is 1160. The van der Waals surface area contributed by atoms with Crippen LogP contribution in [0.15, 0.2) is 52.3 Å². The van der Waals surface area contributed by atoms with Gasteiger partial charge in [0.05, 0.1) is 35.3 Å². The Balaban J connectivity index is 1.98. The Labute approximate surface area is 175 Å². The molecule has 0 unspecified atom stereocenters. The molecule has 3 rings (SSSR count). The van der Waals surface area contributed by atoms with Gasteiger partial charge in [-0.05, 0) is 49.2 Å². The van der Waals surface area contributed by atoms with Gasteiger partial charge >= 0.3 is 5.97 Å². The van der Waals surface area contributed by atoms with Crippen LogP contribution in [-0.2, 0) is 24.8 Å². The van der Waals surface area contributed by atoms with Crippen molar-refractivity contribution < 1.29 is 31.1 Å². The highest BCUT2D eigenvalue weighted by atomic mass is 32.2. The van der Waals surface area contributed by atoms with Crippen molar-refractivity contribution in [1.82, 2.24) is 4.31 Å². The molecule has 0 spiro atoms. The van der Waals surface area contributed by atoms with Crippen LogP contribution in [0.5, 0.6) is 5.75 Å². The third-order valence-electron chi connectivity index (χ3n) is 4.68. The molecule has 11 heteroatoms. The van der Waals surface area contributed by atoms with Gasteiger partial charge in [-0.2, -0.15) is 4.31 Å². The molecule has 0 atom stereocenters. The average Bonchev–Trinajstić information content (AvgIpc) is 3.29. The molecule has 0 amide bonds. The lowest BCUT2D eigenvalue weighted by Crippen LogP contribution is -2.28. The largest absolute Gasteiger partial charge is 0.495 e. The highest BCUT2D eigenvalue weighted by Gasteiger charge is 2.28. The van der Waals surface area contributed by atoms with E-state index in [0.29, 0.717) is 13.1 Å². The maximum atomic E-state index is 12.9. The molecule has 0 radical (unpaired) electrons. The number of carbonyl (C=O) groups excluding carboxylic acids is 1. The first-order valence-corrected chi connectivity index (χ1v) is 12.0. The van der Waals surface area contributed by atoms with Crippen molar-refractivity contribution in [3.05, 3.63) is 48.0 Å². The SMILES string of the molecule is COC(=O)c1cccc(S(=O)(=O)Nc2cc(S(=O)(=O)N3CCCC3)ccc2OC)c1. The van der Waals surface area contributed by atoms with Crippen LogP contribution in [-0.4, -0.2) is 54.4 Å². The highest BCUT2D eigenvalue weighted by molar-refractivity contribution is 7.92. The molecule has 1 heterocycles. The number of hydrogen-bond acceptors (Lipinski definition) is 7. The zero-order valence-electron chi connectivity index (χ0n) is 16.5. The molecule has 30 heavy (non-hydrogen) atoms. The van der Waals surface area contributed by atoms with E-state index in [2.05, 4.69) is 9.46 Å². The molecular weight excluding hydrogens is 432 g/mol. The minimum atomic E-state index is -4.14. The lowest BCUT2D eigenvalue weighted by molar-refractivity contribution is 0.0600. The molecule has 0 aliphatic carbocycles. The van der Waals surface area contributed by atoms with E-state index in [9.17, 15) is 21.6 Å². The molecule has 0 aromatic heterocycles. The van der Waals surface area contributed by atoms with Crippen LogP contribution >= 0.6 is 0 Å². The van der Waals surface area contributed by atoms with Crippen LogP contribution in [0.4, 0.5) is 5.69 Å². The normalized spacial score (nSPS) is 15.0. The van der Waals surface area contributed by atoms with Crippen molar-refractivity contribution in [3.8, 4) is 5.75 Å². The van der Waals surface area contributed by atoms with Crippen LogP contribution < -0.4 is 9.46 Å². The quantitative estimate of drug-likeness (QED) is 0.636. The number of esters is 1. The number of ether oxygens (including phenoxy) is 2. The molecule has 0 bridgehead atoms. The van der Waals surface area contributed by atoms with E-state index in [1.165, 1.54) is 61.0 Å². The Morgan fingerprint density at radius 2 is 1.67 bits per heavy atom. The summed E-state index contributed by atoms with van der Waals surface area (Å²) < 4.78 is 64.9. The van der Waals surface area contributed by atoms with Gasteiger partial charge in [0.25, 0.3) is 10.0 Å². The monoisotopic (exact) mass is 454 g/mol. The summed E-state index contributed by atoms with van der Waals surface area (Å²) in [7, 11) is -5.34. The third-order valence-corrected chi connectivity index (χ3v) is 7.94. The summed E-state index contributed by atoms with van der Waals surface area (Å²) in [5.41, 5.74) is 0.0407. The molecule has 1 aliphatic heterocycles. The smallest absolute Gasteiger partial charge is 0.337 e. The lowest BCUT2D eigenvalue weighted by Gasteiger charge is -2.18. The number of methoxy groups -OCH3 is 2. The van der Waals surface area contributed by atoms with Crippen molar-refractivity contribution >= 4 is 31.7 Å². The summed E-state index contributed by atoms with van der Waals surface area (Å²) in [5.74, 6) is -0.522. The number of nitrogens with one attached hydrogen (secondary N) is 1. The van der Waals surface area contributed by atoms with Crippen molar-refractivity contribution in [2.75, 3.05) is 32.0 Å². The van der Waals surface area contributed by atoms with E-state index < -0.39 is 26.0 Å². The number of anilines is 1. The molecular formula is C19H22N2O7S2. The Morgan fingerprint density at radius 1 is 0.967 bits per heavy atom. The average molecular weight is 455 g/mol. The van der Waals surface area contributed by atoms with E-state index in [0.717, 1.165) is 12.8 Å². The van der Waals surface area contributed by atoms with Gasteiger partial charge in [0.15, 0.2) is 0 Å². The zero-order valence-corrected chi connectivity index (χ0v) is 18.1. The molecule has 2 aromatic carbocycles. The number of benzene rings is 2. The number of nitrogens with zero attached hydrogens (tertiary/aromatic N) is 1. The van der Waals surface area contributed by atoms with E-state index in [4.69, 9.17) is 4.74 Å². The minimum absolute atomic E-state index is 0.0266. The molecule has 162 valence electrons. The van der Waals surface area contributed by atoms with Crippen molar-refractivity contribution in [3.63, 3.8) is 0 Å². The Kier molecular flexibility index (Phi) is 6.34. The van der Waals surface area contributed by atoms with E-state index in [1.807, 2.05) is 0 Å². The lowest BCUT2D eigenvalue weighted by atomic mass is 10.2. The van der Waals surface area contributed by atoms with Crippen LogP contribution in [0.1, 0.15) is 23.2 Å². The van der Waals surface area contributed by atoms with Crippen LogP contribution in [0.25, 0.3) is 0 Å². The van der Waals surface area contributed by atoms with Crippen LogP contribution in [0.2, 0.25) is 0 Å². The van der Waals surface area contributed by atoms with E-state index in [1.54, 1.807) is 0 Å². The second kappa shape index (κ2) is 8.62. The van der Waals surface area contributed by atoms with Crippen molar-refractivity contribution in [1.29, 1.82) is 0 Å². The summed E-state index contributed by atoms with van der Waals surface area (Å²) >= 11 is 0. The van der Waals surface area contributed by atoms with Gasteiger partial charge in [0, 0.05) is 13.1 Å². The Hall–Kier alpha value is -2.63. The number of carbonyl (C=O) groups is 1. The first-order chi connectivity index (χ1) is 14.2. The van der Waals surface area contributed by atoms with Crippen LogP contribution in [0.3, 0.4) is 0 Å². The Morgan fingerprint density at radius 3 is 2.30 bits per heavy atom. The summed E-state index contributed by atoms with van der Waals surface area (Å²) in [6, 6.07) is 9.32. The number of hydrogen-bond donors (Lipinski definition) is 1. The third kappa shape index (κ3) is 4.42. The first kappa shape index (κ1) is 22.1. The molecule has 9 nitrogen and oxygen atoms in total. The van der Waals surface area contributed by atoms with Gasteiger partial charge in [0.2, 0.25) is 10.0 Å². The van der Waals surface area contributed by atoms with Crippen molar-refractivity contribution in [2.45, 2.75) is 22.6 Å². The molecule has 1 fully saturated rings. The predicted octanol–water partition coefficient (Wildman–Crippen LogP) is 2.07. The van der Waals surface area contributed by atoms with Gasteiger partial charge in [0.1, 0.15) is 5.75 Å². The van der Waals surface area contributed by atoms with Gasteiger partial charge in [-0.3, -0.25) is 4.72 Å². The van der Waals surface area contributed by atoms with Gasteiger partial charge < -0.3 is 9.47 Å². The highest BCUT2D eigenvalue weighted by Crippen LogP contribution is 2.31. The molecule has 2 aromatic rings. The van der Waals surface area contributed by atoms with Crippen molar-refractivity contribution in [2.24, 2.45) is 0 Å². The zero-order chi connectivity index (χ0) is 21.9. The topological polar surface area (TPSA) is 119 Å². The summed E-state index contributed by atoms with van der Waals surface area (Å²) in [4.78, 5) is 11.5. The second-order valence-electron chi connectivity index (χ2n) is 6.60. The second-order valence-corrected chi connectivity index (χ2v) is 10.2. The van der Waals surface area contributed by atoms with Crippen LogP contribution in [0, 0.1) is 0 Å².